The second-order valence-corrected chi connectivity index (χ2v) is 6.16. The third-order valence-electron chi connectivity index (χ3n) is 1.73. The number of sulfonamides is 1. The van der Waals surface area contributed by atoms with Gasteiger partial charge in [0, 0.05) is 7.05 Å². The highest BCUT2D eigenvalue weighted by atomic mass is 32.2. The van der Waals surface area contributed by atoms with Crippen LogP contribution in [0.25, 0.3) is 0 Å². The van der Waals surface area contributed by atoms with Gasteiger partial charge < -0.3 is 5.73 Å². The van der Waals surface area contributed by atoms with Crippen LogP contribution >= 0.6 is 11.3 Å². The second kappa shape index (κ2) is 4.18. The lowest BCUT2D eigenvalue weighted by molar-refractivity contribution is 0.504. The largest absolute Gasteiger partial charge is 0.375 e. The Balaban J connectivity index is 3.18. The molecule has 0 aliphatic rings. The molecule has 0 amide bonds. The van der Waals surface area contributed by atoms with E-state index >= 15 is 0 Å². The van der Waals surface area contributed by atoms with Gasteiger partial charge in [-0.15, -0.1) is 6.42 Å². The maximum Gasteiger partial charge on any atom is 0.255 e. The number of hydrogen-bond acceptors (Lipinski definition) is 5. The molecule has 0 aliphatic carbocycles. The summed E-state index contributed by atoms with van der Waals surface area (Å²) in [5.74, 6) is 2.27. The Morgan fingerprint density at radius 1 is 1.67 bits per heavy atom. The van der Waals surface area contributed by atoms with Crippen LogP contribution in [-0.4, -0.2) is 31.3 Å². The molecule has 15 heavy (non-hydrogen) atoms. The molecule has 0 saturated carbocycles. The summed E-state index contributed by atoms with van der Waals surface area (Å²) < 4.78 is 25.0. The molecule has 1 heterocycles. The van der Waals surface area contributed by atoms with Crippen molar-refractivity contribution >= 4 is 26.5 Å². The van der Waals surface area contributed by atoms with E-state index in [2.05, 4.69) is 10.9 Å². The molecule has 0 fully saturated rings. The van der Waals surface area contributed by atoms with Gasteiger partial charge in [-0.05, 0) is 6.92 Å². The molecular weight excluding hydrogens is 234 g/mol. The first kappa shape index (κ1) is 12.0. The molecular formula is C8H11N3O2S2. The second-order valence-electron chi connectivity index (χ2n) is 2.89. The lowest BCUT2D eigenvalue weighted by atomic mass is 10.6. The van der Waals surface area contributed by atoms with Crippen LogP contribution in [0.15, 0.2) is 4.21 Å². The van der Waals surface area contributed by atoms with Gasteiger partial charge in [0.1, 0.15) is 0 Å². The van der Waals surface area contributed by atoms with Gasteiger partial charge >= 0.3 is 0 Å². The van der Waals surface area contributed by atoms with E-state index in [-0.39, 0.29) is 15.9 Å². The van der Waals surface area contributed by atoms with E-state index in [4.69, 9.17) is 12.2 Å². The zero-order chi connectivity index (χ0) is 11.6. The number of terminal acetylenes is 1. The monoisotopic (exact) mass is 245 g/mol. The molecule has 82 valence electrons. The number of thiazole rings is 1. The number of aromatic nitrogens is 1. The SMILES string of the molecule is C#CCN(C)S(=O)(=O)c1sc(N)nc1C. The van der Waals surface area contributed by atoms with Gasteiger partial charge in [0.2, 0.25) is 0 Å². The van der Waals surface area contributed by atoms with Crippen LogP contribution in [0.1, 0.15) is 5.69 Å². The molecule has 0 aliphatic heterocycles. The van der Waals surface area contributed by atoms with E-state index in [1.165, 1.54) is 7.05 Å². The Morgan fingerprint density at radius 2 is 2.27 bits per heavy atom. The molecule has 5 nitrogen and oxygen atoms in total. The molecule has 0 saturated heterocycles. The predicted molar refractivity (Wildman–Crippen MR) is 59.9 cm³/mol. The molecule has 0 bridgehead atoms. The van der Waals surface area contributed by atoms with Crippen LogP contribution < -0.4 is 5.73 Å². The van der Waals surface area contributed by atoms with E-state index in [9.17, 15) is 8.42 Å². The van der Waals surface area contributed by atoms with Crippen molar-refractivity contribution < 1.29 is 8.42 Å². The van der Waals surface area contributed by atoms with Gasteiger partial charge in [-0.25, -0.2) is 13.4 Å². The fraction of sp³-hybridized carbons (Fsp3) is 0.375. The van der Waals surface area contributed by atoms with Crippen LogP contribution in [0.2, 0.25) is 0 Å². The van der Waals surface area contributed by atoms with Crippen molar-refractivity contribution in [2.24, 2.45) is 0 Å². The summed E-state index contributed by atoms with van der Waals surface area (Å²) in [6.45, 7) is 1.63. The molecule has 0 radical (unpaired) electrons. The summed E-state index contributed by atoms with van der Waals surface area (Å²) in [4.78, 5) is 3.86. The van der Waals surface area contributed by atoms with Crippen LogP contribution in [0, 0.1) is 19.3 Å². The Morgan fingerprint density at radius 3 is 2.67 bits per heavy atom. The summed E-state index contributed by atoms with van der Waals surface area (Å²) >= 11 is 0.944. The average Bonchev–Trinajstić information content (AvgIpc) is 2.46. The highest BCUT2D eigenvalue weighted by Gasteiger charge is 2.25. The van der Waals surface area contributed by atoms with Gasteiger partial charge in [-0.1, -0.05) is 17.3 Å². The number of rotatable bonds is 3. The molecule has 0 unspecified atom stereocenters. The number of anilines is 1. The average molecular weight is 245 g/mol. The minimum absolute atomic E-state index is 0.0274. The number of nitrogen functional groups attached to an aromatic ring is 1. The lowest BCUT2D eigenvalue weighted by Gasteiger charge is -2.12. The number of hydrogen-bond donors (Lipinski definition) is 1. The van der Waals surface area contributed by atoms with Gasteiger partial charge in [-0.3, -0.25) is 0 Å². The number of nitrogens with zero attached hydrogens (tertiary/aromatic N) is 2. The summed E-state index contributed by atoms with van der Waals surface area (Å²) in [7, 11) is -2.12. The van der Waals surface area contributed by atoms with Crippen LogP contribution in [-0.2, 0) is 10.0 Å². The van der Waals surface area contributed by atoms with Gasteiger partial charge in [-0.2, -0.15) is 4.31 Å². The van der Waals surface area contributed by atoms with E-state index in [1.807, 2.05) is 0 Å². The van der Waals surface area contributed by atoms with E-state index in [0.717, 1.165) is 15.6 Å². The Labute approximate surface area is 93.0 Å². The predicted octanol–water partition coefficient (Wildman–Crippen LogP) is 0.287. The first-order valence-corrected chi connectivity index (χ1v) is 6.28. The minimum atomic E-state index is -3.54. The van der Waals surface area contributed by atoms with Gasteiger partial charge in [0.15, 0.2) is 9.34 Å². The maximum absolute atomic E-state index is 11.9. The van der Waals surface area contributed by atoms with Crippen LogP contribution in [0.3, 0.4) is 0 Å². The maximum atomic E-state index is 11.9. The molecule has 2 N–H and O–H groups in total. The zero-order valence-electron chi connectivity index (χ0n) is 8.39. The van der Waals surface area contributed by atoms with E-state index in [1.54, 1.807) is 6.92 Å². The third kappa shape index (κ3) is 2.28. The Kier molecular flexibility index (Phi) is 3.34. The van der Waals surface area contributed by atoms with Crippen molar-refractivity contribution in [1.29, 1.82) is 0 Å². The van der Waals surface area contributed by atoms with Crippen molar-refractivity contribution in [1.82, 2.24) is 9.29 Å². The quantitative estimate of drug-likeness (QED) is 0.776. The number of nitrogens with two attached hydrogens (primary N) is 1. The Hall–Kier alpha value is -1.10. The van der Waals surface area contributed by atoms with Crippen LogP contribution in [0.5, 0.6) is 0 Å². The first-order valence-electron chi connectivity index (χ1n) is 4.02. The highest BCUT2D eigenvalue weighted by molar-refractivity contribution is 7.91. The van der Waals surface area contributed by atoms with Crippen molar-refractivity contribution in [2.75, 3.05) is 19.3 Å². The molecule has 7 heteroatoms. The summed E-state index contributed by atoms with van der Waals surface area (Å²) in [5, 5.41) is 0.236. The van der Waals surface area contributed by atoms with Gasteiger partial charge in [0.25, 0.3) is 10.0 Å². The van der Waals surface area contributed by atoms with Crippen molar-refractivity contribution in [3.63, 3.8) is 0 Å². The van der Waals surface area contributed by atoms with E-state index < -0.39 is 10.0 Å². The Bertz CT molecular complexity index is 498. The minimum Gasteiger partial charge on any atom is -0.375 e. The first-order chi connectivity index (χ1) is 6.89. The van der Waals surface area contributed by atoms with Crippen molar-refractivity contribution in [2.45, 2.75) is 11.1 Å². The summed E-state index contributed by atoms with van der Waals surface area (Å²) in [5.41, 5.74) is 5.84. The fourth-order valence-corrected chi connectivity index (χ4v) is 3.57. The molecule has 0 atom stereocenters. The van der Waals surface area contributed by atoms with Crippen molar-refractivity contribution in [3.8, 4) is 12.3 Å². The standard InChI is InChI=1S/C8H11N3O2S2/c1-4-5-11(3)15(12,13)7-6(2)10-8(9)14-7/h1H,5H2,2-3H3,(H2,9,10). The highest BCUT2D eigenvalue weighted by Crippen LogP contribution is 2.26. The molecule has 0 aromatic carbocycles. The molecule has 0 spiro atoms. The van der Waals surface area contributed by atoms with Gasteiger partial charge in [0.05, 0.1) is 12.2 Å². The fourth-order valence-electron chi connectivity index (χ4n) is 0.997. The topological polar surface area (TPSA) is 76.3 Å². The zero-order valence-corrected chi connectivity index (χ0v) is 10.0. The lowest BCUT2D eigenvalue weighted by Crippen LogP contribution is -2.27. The molecule has 1 aromatic heterocycles. The summed E-state index contributed by atoms with van der Waals surface area (Å²) in [6.07, 6.45) is 5.05. The van der Waals surface area contributed by atoms with Crippen LogP contribution in [0.4, 0.5) is 5.13 Å². The van der Waals surface area contributed by atoms with E-state index in [0.29, 0.717) is 5.69 Å². The van der Waals surface area contributed by atoms with Crippen molar-refractivity contribution in [3.05, 3.63) is 5.69 Å². The number of aryl methyl sites for hydroxylation is 1. The molecule has 1 rings (SSSR count). The molecule has 1 aromatic rings. The normalized spacial score (nSPS) is 11.6. The summed E-state index contributed by atoms with van der Waals surface area (Å²) in [6, 6.07) is 0. The smallest absolute Gasteiger partial charge is 0.255 e. The third-order valence-corrected chi connectivity index (χ3v) is 5.11.